The summed E-state index contributed by atoms with van der Waals surface area (Å²) in [6.45, 7) is 2.48. The maximum absolute atomic E-state index is 11.8. The molecule has 0 saturated heterocycles. The fraction of sp³-hybridized carbons (Fsp3) is 0.455. The molecule has 1 aromatic rings. The van der Waals surface area contributed by atoms with Gasteiger partial charge in [-0.2, -0.15) is 0 Å². The second-order valence-electron chi connectivity index (χ2n) is 3.68. The number of hydrogen-bond donors (Lipinski definition) is 2. The molecule has 0 aliphatic rings. The van der Waals surface area contributed by atoms with Crippen molar-refractivity contribution in [1.29, 1.82) is 0 Å². The van der Waals surface area contributed by atoms with Crippen molar-refractivity contribution in [2.75, 3.05) is 13.1 Å². The number of carbonyl (C=O) groups is 2. The van der Waals surface area contributed by atoms with E-state index >= 15 is 0 Å². The van der Waals surface area contributed by atoms with Crippen LogP contribution in [0.2, 0.25) is 0 Å². The molecule has 7 heteroatoms. The number of carbonyl (C=O) groups excluding carboxylic acids is 1. The Bertz CT molecular complexity index is 422. The highest BCUT2D eigenvalue weighted by molar-refractivity contribution is 9.11. The number of hydrogen-bond acceptors (Lipinski definition) is 3. The minimum absolute atomic E-state index is 0.270. The first-order valence-corrected chi connectivity index (χ1v) is 7.12. The average molecular weight is 335 g/mol. The van der Waals surface area contributed by atoms with E-state index in [4.69, 9.17) is 5.11 Å². The summed E-state index contributed by atoms with van der Waals surface area (Å²) in [6.07, 6.45) is 0.727. The Morgan fingerprint density at radius 3 is 2.72 bits per heavy atom. The van der Waals surface area contributed by atoms with Crippen molar-refractivity contribution < 1.29 is 14.7 Å². The van der Waals surface area contributed by atoms with Crippen molar-refractivity contribution in [2.24, 2.45) is 0 Å². The van der Waals surface area contributed by atoms with Crippen LogP contribution < -0.4 is 5.32 Å². The van der Waals surface area contributed by atoms with Crippen molar-refractivity contribution in [2.45, 2.75) is 19.9 Å². The van der Waals surface area contributed by atoms with Crippen LogP contribution in [0.4, 0.5) is 4.79 Å². The molecule has 0 radical (unpaired) electrons. The molecule has 0 bridgehead atoms. The number of carboxylic acid groups (broad SMARTS) is 1. The van der Waals surface area contributed by atoms with Crippen molar-refractivity contribution in [3.63, 3.8) is 0 Å². The zero-order valence-corrected chi connectivity index (χ0v) is 12.4. The summed E-state index contributed by atoms with van der Waals surface area (Å²) in [5.41, 5.74) is 0. The van der Waals surface area contributed by atoms with Crippen LogP contribution >= 0.6 is 27.3 Å². The van der Waals surface area contributed by atoms with Gasteiger partial charge in [0.05, 0.1) is 10.3 Å². The lowest BCUT2D eigenvalue weighted by Crippen LogP contribution is -2.42. The van der Waals surface area contributed by atoms with Crippen LogP contribution in [-0.4, -0.2) is 35.1 Å². The molecule has 0 aliphatic heterocycles. The lowest BCUT2D eigenvalue weighted by molar-refractivity contribution is -0.137. The summed E-state index contributed by atoms with van der Waals surface area (Å²) in [7, 11) is 0. The van der Waals surface area contributed by atoms with Crippen molar-refractivity contribution in [3.8, 4) is 0 Å². The lowest BCUT2D eigenvalue weighted by Gasteiger charge is -2.20. The second kappa shape index (κ2) is 7.38. The SMILES string of the molecule is CCCN(CC(=O)O)C(=O)NCc1ccc(Br)s1. The smallest absolute Gasteiger partial charge is 0.323 e. The number of amides is 2. The predicted molar refractivity (Wildman–Crippen MR) is 73.8 cm³/mol. The van der Waals surface area contributed by atoms with E-state index in [1.54, 1.807) is 0 Å². The predicted octanol–water partition coefficient (Wildman–Crippen LogP) is 2.52. The van der Waals surface area contributed by atoms with Crippen molar-refractivity contribution in [1.82, 2.24) is 10.2 Å². The summed E-state index contributed by atoms with van der Waals surface area (Å²) in [6, 6.07) is 3.48. The molecular formula is C11H15BrN2O3S. The molecule has 0 saturated carbocycles. The summed E-state index contributed by atoms with van der Waals surface area (Å²) in [5.74, 6) is -1.00. The van der Waals surface area contributed by atoms with E-state index in [9.17, 15) is 9.59 Å². The first-order valence-electron chi connectivity index (χ1n) is 5.51. The third-order valence-electron chi connectivity index (χ3n) is 2.15. The lowest BCUT2D eigenvalue weighted by atomic mass is 10.4. The number of carboxylic acids is 1. The van der Waals surface area contributed by atoms with Gasteiger partial charge in [0.15, 0.2) is 0 Å². The quantitative estimate of drug-likeness (QED) is 0.839. The van der Waals surface area contributed by atoms with Gasteiger partial charge in [-0.15, -0.1) is 11.3 Å². The molecule has 0 unspecified atom stereocenters. The van der Waals surface area contributed by atoms with Crippen LogP contribution in [0.3, 0.4) is 0 Å². The topological polar surface area (TPSA) is 69.6 Å². The first-order chi connectivity index (χ1) is 8.52. The molecule has 0 atom stereocenters. The zero-order valence-electron chi connectivity index (χ0n) is 9.98. The minimum atomic E-state index is -1.00. The Morgan fingerprint density at radius 1 is 1.50 bits per heavy atom. The maximum Gasteiger partial charge on any atom is 0.323 e. The van der Waals surface area contributed by atoms with Gasteiger partial charge in [-0.3, -0.25) is 4.79 Å². The Hall–Kier alpha value is -1.08. The van der Waals surface area contributed by atoms with E-state index in [1.807, 2.05) is 19.1 Å². The van der Waals surface area contributed by atoms with Gasteiger partial charge in [0.25, 0.3) is 0 Å². The molecule has 1 aromatic heterocycles. The zero-order chi connectivity index (χ0) is 13.5. The second-order valence-corrected chi connectivity index (χ2v) is 6.23. The van der Waals surface area contributed by atoms with E-state index in [1.165, 1.54) is 16.2 Å². The van der Waals surface area contributed by atoms with Crippen molar-refractivity contribution >= 4 is 39.3 Å². The number of halogens is 1. The average Bonchev–Trinajstić information content (AvgIpc) is 2.71. The number of nitrogens with zero attached hydrogens (tertiary/aromatic N) is 1. The molecule has 0 fully saturated rings. The van der Waals surface area contributed by atoms with E-state index in [2.05, 4.69) is 21.2 Å². The monoisotopic (exact) mass is 334 g/mol. The summed E-state index contributed by atoms with van der Waals surface area (Å²) in [4.78, 5) is 24.7. The molecule has 100 valence electrons. The maximum atomic E-state index is 11.8. The van der Waals surface area contributed by atoms with Crippen LogP contribution in [0.5, 0.6) is 0 Å². The van der Waals surface area contributed by atoms with Gasteiger partial charge in [0, 0.05) is 11.4 Å². The Kier molecular flexibility index (Phi) is 6.14. The van der Waals surface area contributed by atoms with Gasteiger partial charge in [-0.1, -0.05) is 6.92 Å². The van der Waals surface area contributed by atoms with Gasteiger partial charge in [-0.05, 0) is 34.5 Å². The van der Waals surface area contributed by atoms with Crippen LogP contribution in [0.1, 0.15) is 18.2 Å². The summed E-state index contributed by atoms with van der Waals surface area (Å²) < 4.78 is 1.00. The number of nitrogens with one attached hydrogen (secondary N) is 1. The van der Waals surface area contributed by atoms with Crippen LogP contribution in [0.25, 0.3) is 0 Å². The number of aliphatic carboxylic acids is 1. The number of rotatable bonds is 6. The standard InChI is InChI=1S/C11H15BrN2O3S/c1-2-5-14(7-10(15)16)11(17)13-6-8-3-4-9(12)18-8/h3-4H,2,5-7H2,1H3,(H,13,17)(H,15,16). The normalized spacial score (nSPS) is 10.1. The van der Waals surface area contributed by atoms with Gasteiger partial charge in [0.1, 0.15) is 6.54 Å². The molecule has 1 heterocycles. The Balaban J connectivity index is 2.48. The number of urea groups is 1. The molecule has 0 aliphatic carbocycles. The summed E-state index contributed by atoms with van der Waals surface area (Å²) in [5, 5.41) is 11.4. The third-order valence-corrected chi connectivity index (χ3v) is 3.77. The molecule has 2 amide bonds. The first kappa shape index (κ1) is 15.0. The highest BCUT2D eigenvalue weighted by Gasteiger charge is 2.15. The fourth-order valence-corrected chi connectivity index (χ4v) is 2.83. The Morgan fingerprint density at radius 2 is 2.22 bits per heavy atom. The van der Waals surface area contributed by atoms with Gasteiger partial charge >= 0.3 is 12.0 Å². The fourth-order valence-electron chi connectivity index (χ4n) is 1.41. The van der Waals surface area contributed by atoms with Gasteiger partial charge in [-0.25, -0.2) is 4.79 Å². The van der Waals surface area contributed by atoms with Gasteiger partial charge in [0.2, 0.25) is 0 Å². The van der Waals surface area contributed by atoms with E-state index in [0.717, 1.165) is 15.1 Å². The number of thiophene rings is 1. The Labute approximate surface area is 118 Å². The molecule has 1 rings (SSSR count). The molecule has 0 aromatic carbocycles. The van der Waals surface area contributed by atoms with Crippen LogP contribution in [-0.2, 0) is 11.3 Å². The van der Waals surface area contributed by atoms with E-state index in [0.29, 0.717) is 13.1 Å². The highest BCUT2D eigenvalue weighted by Crippen LogP contribution is 2.21. The molecule has 5 nitrogen and oxygen atoms in total. The molecule has 18 heavy (non-hydrogen) atoms. The molecular weight excluding hydrogens is 320 g/mol. The van der Waals surface area contributed by atoms with Crippen LogP contribution in [0, 0.1) is 0 Å². The third kappa shape index (κ3) is 5.05. The van der Waals surface area contributed by atoms with Gasteiger partial charge < -0.3 is 15.3 Å². The van der Waals surface area contributed by atoms with Crippen molar-refractivity contribution in [3.05, 3.63) is 20.8 Å². The minimum Gasteiger partial charge on any atom is -0.480 e. The highest BCUT2D eigenvalue weighted by atomic mass is 79.9. The van der Waals surface area contributed by atoms with E-state index < -0.39 is 5.97 Å². The largest absolute Gasteiger partial charge is 0.480 e. The molecule has 0 spiro atoms. The summed E-state index contributed by atoms with van der Waals surface area (Å²) >= 11 is 4.88. The van der Waals surface area contributed by atoms with E-state index in [-0.39, 0.29) is 12.6 Å². The molecule has 2 N–H and O–H groups in total. The van der Waals surface area contributed by atoms with Crippen LogP contribution in [0.15, 0.2) is 15.9 Å².